The second-order valence-electron chi connectivity index (χ2n) is 8.07. The quantitative estimate of drug-likeness (QED) is 0.432. The number of aromatic nitrogens is 5. The number of pyridine rings is 1. The maximum atomic E-state index is 15.5. The van der Waals surface area contributed by atoms with Crippen LogP contribution in [0.2, 0.25) is 0 Å². The average Bonchev–Trinajstić information content (AvgIpc) is 3.50. The Hall–Kier alpha value is -4.25. The number of fused-ring (bicyclic) bond motifs is 1. The molecule has 35 heavy (non-hydrogen) atoms. The summed E-state index contributed by atoms with van der Waals surface area (Å²) in [4.78, 5) is 20.2. The predicted molar refractivity (Wildman–Crippen MR) is 130 cm³/mol. The lowest BCUT2D eigenvalue weighted by atomic mass is 10.2. The van der Waals surface area contributed by atoms with Gasteiger partial charge in [0.15, 0.2) is 17.2 Å². The first-order chi connectivity index (χ1) is 17.0. The Balaban J connectivity index is 1.64. The molecule has 4 heterocycles. The number of nitrogens with zero attached hydrogens (tertiary/aromatic N) is 7. The molecule has 0 fully saturated rings. The highest BCUT2D eigenvalue weighted by atomic mass is 19.1. The van der Waals surface area contributed by atoms with E-state index >= 15 is 4.39 Å². The summed E-state index contributed by atoms with van der Waals surface area (Å²) in [5.41, 5.74) is 6.25. The van der Waals surface area contributed by atoms with Crippen LogP contribution in [0.1, 0.15) is 11.5 Å². The van der Waals surface area contributed by atoms with E-state index in [-0.39, 0.29) is 18.0 Å². The van der Waals surface area contributed by atoms with Crippen LogP contribution in [0.3, 0.4) is 0 Å². The van der Waals surface area contributed by atoms with Crippen molar-refractivity contribution < 1.29 is 13.9 Å². The van der Waals surface area contributed by atoms with Crippen LogP contribution in [0.5, 0.6) is 11.5 Å². The molecule has 4 aromatic rings. The molecule has 0 radical (unpaired) electrons. The van der Waals surface area contributed by atoms with Crippen LogP contribution in [0.15, 0.2) is 49.1 Å². The first-order valence-electron chi connectivity index (χ1n) is 10.9. The number of aryl methyl sites for hydroxylation is 1. The molecule has 1 aliphatic rings. The summed E-state index contributed by atoms with van der Waals surface area (Å²) in [5, 5.41) is 1.87. The summed E-state index contributed by atoms with van der Waals surface area (Å²) >= 11 is 0. The number of hydrogen-bond acceptors (Lipinski definition) is 9. The largest absolute Gasteiger partial charge is 0.497 e. The van der Waals surface area contributed by atoms with Gasteiger partial charge in [0.1, 0.15) is 22.9 Å². The zero-order valence-electron chi connectivity index (χ0n) is 19.9. The number of rotatable bonds is 7. The number of benzene rings is 1. The number of anilines is 2. The topological polar surface area (TPSA) is 93.5 Å². The third-order valence-corrected chi connectivity index (χ3v) is 5.83. The Morgan fingerprint density at radius 2 is 1.97 bits per heavy atom. The van der Waals surface area contributed by atoms with Gasteiger partial charge in [-0.05, 0) is 12.1 Å². The zero-order valence-corrected chi connectivity index (χ0v) is 19.9. The Labute approximate surface area is 201 Å². The number of nitrogens with one attached hydrogen (secondary N) is 1. The van der Waals surface area contributed by atoms with Gasteiger partial charge in [-0.15, -0.1) is 0 Å². The molecule has 1 aromatic carbocycles. The molecule has 11 heteroatoms. The maximum Gasteiger partial charge on any atom is 0.188 e. The summed E-state index contributed by atoms with van der Waals surface area (Å²) in [6.07, 6.45) is 7.23. The van der Waals surface area contributed by atoms with E-state index < -0.39 is 5.82 Å². The highest BCUT2D eigenvalue weighted by molar-refractivity contribution is 5.77. The first kappa shape index (κ1) is 22.5. The fourth-order valence-corrected chi connectivity index (χ4v) is 3.89. The molecule has 0 spiro atoms. The normalized spacial score (nSPS) is 13.3. The molecule has 0 aliphatic carbocycles. The molecule has 0 saturated heterocycles. The first-order valence-corrected chi connectivity index (χ1v) is 10.9. The minimum atomic E-state index is -0.533. The lowest BCUT2D eigenvalue weighted by Gasteiger charge is -2.25. The van der Waals surface area contributed by atoms with E-state index in [9.17, 15) is 0 Å². The Kier molecular flexibility index (Phi) is 5.91. The van der Waals surface area contributed by atoms with Gasteiger partial charge < -0.3 is 23.9 Å². The summed E-state index contributed by atoms with van der Waals surface area (Å²) in [6.45, 7) is 0.902. The molecule has 5 rings (SSSR count). The molecule has 0 atom stereocenters. The molecular formula is C24H25FN8O2. The van der Waals surface area contributed by atoms with Crippen molar-refractivity contribution in [3.05, 3.63) is 66.4 Å². The van der Waals surface area contributed by atoms with E-state index in [0.717, 1.165) is 17.1 Å². The van der Waals surface area contributed by atoms with Crippen molar-refractivity contribution in [2.75, 3.05) is 32.7 Å². The van der Waals surface area contributed by atoms with Gasteiger partial charge in [-0.25, -0.2) is 24.8 Å². The molecule has 0 unspecified atom stereocenters. The van der Waals surface area contributed by atoms with Gasteiger partial charge >= 0.3 is 0 Å². The van der Waals surface area contributed by atoms with Crippen molar-refractivity contribution in [1.29, 1.82) is 0 Å². The van der Waals surface area contributed by atoms with Gasteiger partial charge in [-0.2, -0.15) is 0 Å². The summed E-state index contributed by atoms with van der Waals surface area (Å²) < 4.78 is 28.1. The van der Waals surface area contributed by atoms with Crippen LogP contribution >= 0.6 is 0 Å². The summed E-state index contributed by atoms with van der Waals surface area (Å²) in [6, 6.07) is 6.72. The standard InChI is InChI=1S/C24H25FN8O2/c1-31-8-7-26-22(31)14-33(19-9-16(34-3)10-20(35-4)23(19)25)21-6-5-17-24(30-21)29-18(12-27-17)15-11-28-32(2)13-15/h5-10,12-13,28H,11,14H2,1-4H3. The molecule has 0 bridgehead atoms. The molecule has 1 N–H and O–H groups in total. The van der Waals surface area contributed by atoms with Gasteiger partial charge in [0, 0.05) is 56.9 Å². The highest BCUT2D eigenvalue weighted by Gasteiger charge is 2.23. The van der Waals surface area contributed by atoms with E-state index in [4.69, 9.17) is 19.4 Å². The molecule has 180 valence electrons. The lowest BCUT2D eigenvalue weighted by Crippen LogP contribution is -2.23. The lowest BCUT2D eigenvalue weighted by molar-refractivity contribution is 0.374. The maximum absolute atomic E-state index is 15.5. The fourth-order valence-electron chi connectivity index (χ4n) is 3.89. The van der Waals surface area contributed by atoms with Crippen LogP contribution in [-0.2, 0) is 13.6 Å². The molecule has 0 saturated carbocycles. The van der Waals surface area contributed by atoms with Crippen LogP contribution in [-0.4, -0.2) is 57.3 Å². The molecular weight excluding hydrogens is 451 g/mol. The Bertz CT molecular complexity index is 1420. The number of hydrazine groups is 1. The smallest absolute Gasteiger partial charge is 0.188 e. The zero-order chi connectivity index (χ0) is 24.5. The number of ether oxygens (including phenoxy) is 2. The van der Waals surface area contributed by atoms with Crippen LogP contribution in [0, 0.1) is 5.82 Å². The van der Waals surface area contributed by atoms with Gasteiger partial charge in [-0.1, -0.05) is 0 Å². The van der Waals surface area contributed by atoms with Crippen molar-refractivity contribution in [1.82, 2.24) is 34.9 Å². The van der Waals surface area contributed by atoms with Crippen molar-refractivity contribution in [3.63, 3.8) is 0 Å². The number of hydrogen-bond donors (Lipinski definition) is 1. The fraction of sp³-hybridized carbons (Fsp3) is 0.250. The predicted octanol–water partition coefficient (Wildman–Crippen LogP) is 3.04. The van der Waals surface area contributed by atoms with Crippen molar-refractivity contribution in [2.45, 2.75) is 6.54 Å². The van der Waals surface area contributed by atoms with Crippen LogP contribution in [0.25, 0.3) is 16.7 Å². The molecule has 1 aliphatic heterocycles. The van der Waals surface area contributed by atoms with E-state index in [0.29, 0.717) is 29.3 Å². The molecule has 0 amide bonds. The summed E-state index contributed by atoms with van der Waals surface area (Å²) in [7, 11) is 6.74. The number of imidazole rings is 1. The van der Waals surface area contributed by atoms with Crippen molar-refractivity contribution >= 4 is 28.2 Å². The van der Waals surface area contributed by atoms with Gasteiger partial charge in [-0.3, -0.25) is 4.98 Å². The van der Waals surface area contributed by atoms with Crippen molar-refractivity contribution in [2.24, 2.45) is 7.05 Å². The second kappa shape index (κ2) is 9.18. The highest BCUT2D eigenvalue weighted by Crippen LogP contribution is 2.37. The Morgan fingerprint density at radius 3 is 2.66 bits per heavy atom. The van der Waals surface area contributed by atoms with E-state index in [1.807, 2.05) is 42.1 Å². The van der Waals surface area contributed by atoms with Crippen LogP contribution < -0.4 is 19.8 Å². The van der Waals surface area contributed by atoms with E-state index in [2.05, 4.69) is 15.4 Å². The summed E-state index contributed by atoms with van der Waals surface area (Å²) in [5.74, 6) is 1.19. The average molecular weight is 477 g/mol. The second-order valence-corrected chi connectivity index (χ2v) is 8.07. The van der Waals surface area contributed by atoms with Gasteiger partial charge in [0.2, 0.25) is 0 Å². The van der Waals surface area contributed by atoms with Gasteiger partial charge in [0.25, 0.3) is 0 Å². The Morgan fingerprint density at radius 1 is 1.11 bits per heavy atom. The van der Waals surface area contributed by atoms with E-state index in [1.165, 1.54) is 20.3 Å². The minimum absolute atomic E-state index is 0.0665. The minimum Gasteiger partial charge on any atom is -0.497 e. The third kappa shape index (κ3) is 4.33. The SMILES string of the molecule is COc1cc(OC)c(F)c(N(Cc2nccn2C)c2ccc3ncc(C4=CN(C)NC4)nc3n2)c1. The number of halogens is 1. The van der Waals surface area contributed by atoms with Crippen molar-refractivity contribution in [3.8, 4) is 11.5 Å². The van der Waals surface area contributed by atoms with E-state index in [1.54, 1.807) is 29.4 Å². The molecule has 10 nitrogen and oxygen atoms in total. The number of methoxy groups -OCH3 is 2. The van der Waals surface area contributed by atoms with Gasteiger partial charge in [0.05, 0.1) is 38.3 Å². The third-order valence-electron chi connectivity index (χ3n) is 5.83. The van der Waals surface area contributed by atoms with Crippen LogP contribution in [0.4, 0.5) is 15.9 Å². The molecule has 3 aromatic heterocycles. The monoisotopic (exact) mass is 476 g/mol.